The lowest BCUT2D eigenvalue weighted by atomic mass is 10.3. The van der Waals surface area contributed by atoms with E-state index in [4.69, 9.17) is 4.74 Å². The summed E-state index contributed by atoms with van der Waals surface area (Å²) in [5, 5.41) is 1.68. The molecule has 0 saturated heterocycles. The first-order chi connectivity index (χ1) is 11.9. The Bertz CT molecular complexity index is 475. The number of hydrogen-bond donors (Lipinski definition) is 0. The second-order valence-electron chi connectivity index (χ2n) is 6.87. The van der Waals surface area contributed by atoms with Crippen molar-refractivity contribution >= 4 is 20.5 Å². The molecule has 1 aromatic rings. The minimum atomic E-state index is -6.00. The zero-order chi connectivity index (χ0) is 18.3. The standard InChI is InChI=1S/C18H27OP.BF4/c1-2-19-15-11-13-18(14-12-15)20(16-7-3-4-8-16)17-9-5-6-10-17;2-1(3,4)5/h11-14,16-17H,2-10H2,1H3;/q;-1/p+1. The predicted octanol–water partition coefficient (Wildman–Crippen LogP) is 6.11. The van der Waals surface area contributed by atoms with E-state index in [-0.39, 0.29) is 7.92 Å². The molecule has 0 heterocycles. The van der Waals surface area contributed by atoms with E-state index in [0.717, 1.165) is 23.7 Å². The SMILES string of the molecule is CCOc1ccc([PH+](C2CCCC2)C2CCCC2)cc1.F[B-](F)(F)F. The van der Waals surface area contributed by atoms with Crippen LogP contribution in [0.2, 0.25) is 0 Å². The van der Waals surface area contributed by atoms with Crippen molar-refractivity contribution < 1.29 is 22.0 Å². The molecule has 1 nitrogen and oxygen atoms in total. The molecule has 2 fully saturated rings. The number of hydrogen-bond acceptors (Lipinski definition) is 1. The number of rotatable bonds is 5. The number of benzene rings is 1. The van der Waals surface area contributed by atoms with Crippen molar-refractivity contribution in [3.05, 3.63) is 24.3 Å². The van der Waals surface area contributed by atoms with Crippen molar-refractivity contribution in [1.29, 1.82) is 0 Å². The molecule has 2 aliphatic carbocycles. The van der Waals surface area contributed by atoms with Gasteiger partial charge >= 0.3 is 7.25 Å². The Kier molecular flexibility index (Phi) is 8.05. The Morgan fingerprint density at radius 3 is 1.64 bits per heavy atom. The third-order valence-corrected chi connectivity index (χ3v) is 9.00. The topological polar surface area (TPSA) is 9.23 Å². The zero-order valence-electron chi connectivity index (χ0n) is 14.8. The number of ether oxygens (including phenoxy) is 1. The summed E-state index contributed by atoms with van der Waals surface area (Å²) in [7, 11) is -6.36. The lowest BCUT2D eigenvalue weighted by molar-refractivity contribution is 0.340. The Morgan fingerprint density at radius 1 is 0.880 bits per heavy atom. The van der Waals surface area contributed by atoms with E-state index in [1.807, 2.05) is 0 Å². The summed E-state index contributed by atoms with van der Waals surface area (Å²) in [4.78, 5) is 0. The van der Waals surface area contributed by atoms with Crippen LogP contribution in [0, 0.1) is 0 Å². The van der Waals surface area contributed by atoms with Crippen molar-refractivity contribution in [2.24, 2.45) is 0 Å². The summed E-state index contributed by atoms with van der Waals surface area (Å²) < 4.78 is 44.6. The molecule has 7 heteroatoms. The summed E-state index contributed by atoms with van der Waals surface area (Å²) in [6.45, 7) is 2.82. The molecule has 3 rings (SSSR count). The van der Waals surface area contributed by atoms with Gasteiger partial charge in [-0.1, -0.05) is 0 Å². The van der Waals surface area contributed by atoms with Gasteiger partial charge in [0, 0.05) is 7.92 Å². The summed E-state index contributed by atoms with van der Waals surface area (Å²) in [5.41, 5.74) is 2.09. The third kappa shape index (κ3) is 7.17. The fourth-order valence-corrected chi connectivity index (χ4v) is 8.41. The third-order valence-electron chi connectivity index (χ3n) is 5.09. The molecule has 0 aliphatic heterocycles. The first kappa shape index (κ1) is 20.5. The maximum absolute atomic E-state index is 9.75. The highest BCUT2D eigenvalue weighted by atomic mass is 31.1. The van der Waals surface area contributed by atoms with Crippen LogP contribution in [0.4, 0.5) is 17.3 Å². The molecule has 0 radical (unpaired) electrons. The highest BCUT2D eigenvalue weighted by Gasteiger charge is 2.40. The van der Waals surface area contributed by atoms with Gasteiger partial charge in [-0.15, -0.1) is 0 Å². The Morgan fingerprint density at radius 2 is 1.28 bits per heavy atom. The van der Waals surface area contributed by atoms with Gasteiger partial charge in [0.15, 0.2) is 0 Å². The van der Waals surface area contributed by atoms with Crippen LogP contribution < -0.4 is 10.0 Å². The van der Waals surface area contributed by atoms with Crippen LogP contribution in [0.1, 0.15) is 58.3 Å². The largest absolute Gasteiger partial charge is 0.673 e. The van der Waals surface area contributed by atoms with Crippen molar-refractivity contribution in [2.45, 2.75) is 69.6 Å². The average Bonchev–Trinajstić information content (AvgIpc) is 3.22. The van der Waals surface area contributed by atoms with Gasteiger partial charge in [0.05, 0.1) is 23.2 Å². The van der Waals surface area contributed by atoms with Crippen LogP contribution in [-0.4, -0.2) is 25.2 Å². The van der Waals surface area contributed by atoms with Gasteiger partial charge in [-0.2, -0.15) is 0 Å². The molecule has 0 amide bonds. The average molecular weight is 378 g/mol. The normalized spacial score (nSPS) is 19.1. The van der Waals surface area contributed by atoms with E-state index >= 15 is 0 Å². The van der Waals surface area contributed by atoms with Crippen LogP contribution in [0.25, 0.3) is 0 Å². The molecule has 0 spiro atoms. The monoisotopic (exact) mass is 378 g/mol. The van der Waals surface area contributed by atoms with Gasteiger partial charge in [0.25, 0.3) is 0 Å². The summed E-state index contributed by atoms with van der Waals surface area (Å²) in [5.74, 6) is 1.04. The van der Waals surface area contributed by atoms with Crippen LogP contribution in [-0.2, 0) is 0 Å². The molecule has 25 heavy (non-hydrogen) atoms. The minimum absolute atomic E-state index is 0.364. The van der Waals surface area contributed by atoms with Crippen molar-refractivity contribution in [3.63, 3.8) is 0 Å². The molecular formula is C18H28BF4OP. The molecule has 0 atom stereocenters. The molecule has 0 N–H and O–H groups in total. The zero-order valence-corrected chi connectivity index (χ0v) is 15.8. The van der Waals surface area contributed by atoms with Gasteiger partial charge in [0.1, 0.15) is 5.75 Å². The van der Waals surface area contributed by atoms with Gasteiger partial charge in [-0.3, -0.25) is 0 Å². The molecule has 0 bridgehead atoms. The van der Waals surface area contributed by atoms with E-state index in [1.54, 1.807) is 5.30 Å². The van der Waals surface area contributed by atoms with E-state index in [9.17, 15) is 17.3 Å². The highest BCUT2D eigenvalue weighted by Crippen LogP contribution is 2.56. The predicted molar refractivity (Wildman–Crippen MR) is 100 cm³/mol. The fraction of sp³-hybridized carbons (Fsp3) is 0.667. The van der Waals surface area contributed by atoms with Crippen LogP contribution in [0.3, 0.4) is 0 Å². The summed E-state index contributed by atoms with van der Waals surface area (Å²) in [6.07, 6.45) is 11.9. The van der Waals surface area contributed by atoms with Crippen molar-refractivity contribution in [1.82, 2.24) is 0 Å². The van der Waals surface area contributed by atoms with E-state index in [2.05, 4.69) is 31.2 Å². The fourth-order valence-electron chi connectivity index (χ4n) is 4.19. The van der Waals surface area contributed by atoms with Crippen LogP contribution >= 0.6 is 7.92 Å². The van der Waals surface area contributed by atoms with Crippen LogP contribution in [0.5, 0.6) is 5.75 Å². The Hall–Kier alpha value is -0.765. The lowest BCUT2D eigenvalue weighted by Gasteiger charge is -2.22. The van der Waals surface area contributed by atoms with Gasteiger partial charge in [-0.05, 0) is 82.6 Å². The van der Waals surface area contributed by atoms with Crippen molar-refractivity contribution in [2.75, 3.05) is 6.61 Å². The molecule has 142 valence electrons. The Balaban J connectivity index is 0.000000399. The molecule has 1 aromatic carbocycles. The Labute approximate surface area is 149 Å². The van der Waals surface area contributed by atoms with Crippen LogP contribution in [0.15, 0.2) is 24.3 Å². The minimum Gasteiger partial charge on any atom is -0.494 e. The lowest BCUT2D eigenvalue weighted by Crippen LogP contribution is -2.19. The maximum Gasteiger partial charge on any atom is 0.673 e. The molecule has 0 aromatic heterocycles. The van der Waals surface area contributed by atoms with E-state index in [1.165, 1.54) is 51.4 Å². The van der Waals surface area contributed by atoms with E-state index in [0.29, 0.717) is 0 Å². The molecule has 0 unspecified atom stereocenters. The summed E-state index contributed by atoms with van der Waals surface area (Å²) >= 11 is 0. The summed E-state index contributed by atoms with van der Waals surface area (Å²) in [6, 6.07) is 9.17. The maximum atomic E-state index is 9.75. The first-order valence-electron chi connectivity index (χ1n) is 9.35. The van der Waals surface area contributed by atoms with Crippen molar-refractivity contribution in [3.8, 4) is 5.75 Å². The van der Waals surface area contributed by atoms with E-state index < -0.39 is 7.25 Å². The molecule has 2 aliphatic rings. The second kappa shape index (κ2) is 9.80. The van der Waals surface area contributed by atoms with Gasteiger partial charge in [-0.25, -0.2) is 0 Å². The first-order valence-corrected chi connectivity index (χ1v) is 11.0. The highest BCUT2D eigenvalue weighted by molar-refractivity contribution is 7.67. The quantitative estimate of drug-likeness (QED) is 0.341. The second-order valence-corrected chi connectivity index (χ2v) is 9.99. The number of halogens is 4. The van der Waals surface area contributed by atoms with Gasteiger partial charge < -0.3 is 22.0 Å². The molecular weight excluding hydrogens is 350 g/mol. The van der Waals surface area contributed by atoms with Gasteiger partial charge in [0.2, 0.25) is 0 Å². The molecule has 2 saturated carbocycles. The smallest absolute Gasteiger partial charge is 0.494 e.